The Morgan fingerprint density at radius 1 is 1.14 bits per heavy atom. The fourth-order valence-corrected chi connectivity index (χ4v) is 4.39. The smallest absolute Gasteiger partial charge is 0.223 e. The Morgan fingerprint density at radius 2 is 1.84 bits per heavy atom. The van der Waals surface area contributed by atoms with Crippen LogP contribution >= 0.6 is 0 Å². The first kappa shape index (κ1) is 25.1. The van der Waals surface area contributed by atoms with Gasteiger partial charge in [0, 0.05) is 30.7 Å². The van der Waals surface area contributed by atoms with E-state index in [4.69, 9.17) is 19.2 Å². The number of pyridine rings is 1. The van der Waals surface area contributed by atoms with Crippen molar-refractivity contribution in [1.82, 2.24) is 20.3 Å². The second-order valence-electron chi connectivity index (χ2n) is 8.83. The molecule has 0 spiro atoms. The van der Waals surface area contributed by atoms with Crippen LogP contribution in [0.15, 0.2) is 31.0 Å². The third kappa shape index (κ3) is 4.75. The fraction of sp³-hybridized carbons (Fsp3) is 0.400. The van der Waals surface area contributed by atoms with E-state index >= 15 is 8.78 Å². The van der Waals surface area contributed by atoms with Gasteiger partial charge in [0.05, 0.1) is 50.8 Å². The first-order valence-corrected chi connectivity index (χ1v) is 11.9. The SMILES string of the molecule is C=CC(O)N[C@H]1COC[C@H]1Nc1ncc2cc(-c3c(F)c(OC)cc(OC)c3F)nc(N3CCC3)c2n1. The molecule has 5 rings (SSSR count). The zero-order valence-electron chi connectivity index (χ0n) is 20.5. The van der Waals surface area contributed by atoms with Gasteiger partial charge in [-0.25, -0.2) is 23.7 Å². The molecule has 2 fully saturated rings. The lowest BCUT2D eigenvalue weighted by Crippen LogP contribution is -2.47. The van der Waals surface area contributed by atoms with Crippen LogP contribution in [0.3, 0.4) is 0 Å². The van der Waals surface area contributed by atoms with Crippen molar-refractivity contribution in [3.8, 4) is 22.8 Å². The van der Waals surface area contributed by atoms with Gasteiger partial charge >= 0.3 is 0 Å². The maximum Gasteiger partial charge on any atom is 0.223 e. The normalized spacial score (nSPS) is 20.0. The summed E-state index contributed by atoms with van der Waals surface area (Å²) in [5.74, 6) is -1.20. The number of aliphatic hydroxyl groups excluding tert-OH is 1. The molecule has 1 unspecified atom stereocenters. The number of aliphatic hydroxyl groups is 1. The highest BCUT2D eigenvalue weighted by atomic mass is 19.1. The Balaban J connectivity index is 1.55. The Morgan fingerprint density at radius 3 is 2.46 bits per heavy atom. The van der Waals surface area contributed by atoms with E-state index in [1.807, 2.05) is 4.90 Å². The van der Waals surface area contributed by atoms with Gasteiger partial charge in [0.1, 0.15) is 11.7 Å². The van der Waals surface area contributed by atoms with E-state index in [9.17, 15) is 5.11 Å². The van der Waals surface area contributed by atoms with Crippen molar-refractivity contribution in [2.45, 2.75) is 24.7 Å². The van der Waals surface area contributed by atoms with Crippen LogP contribution in [-0.4, -0.2) is 78.9 Å². The van der Waals surface area contributed by atoms with Gasteiger partial charge in [-0.1, -0.05) is 6.58 Å². The van der Waals surface area contributed by atoms with E-state index in [0.29, 0.717) is 35.9 Å². The lowest BCUT2D eigenvalue weighted by Gasteiger charge is -2.33. The molecule has 2 aliphatic rings. The van der Waals surface area contributed by atoms with E-state index in [-0.39, 0.29) is 34.8 Å². The lowest BCUT2D eigenvalue weighted by molar-refractivity contribution is 0.149. The number of anilines is 2. The summed E-state index contributed by atoms with van der Waals surface area (Å²) < 4.78 is 46.2. The van der Waals surface area contributed by atoms with Crippen LogP contribution in [0.4, 0.5) is 20.5 Å². The number of halogens is 2. The topological polar surface area (TPSA) is 114 Å². The maximum atomic E-state index is 15.3. The molecule has 196 valence electrons. The molecule has 0 aliphatic carbocycles. The zero-order valence-corrected chi connectivity index (χ0v) is 20.5. The molecule has 10 nitrogen and oxygen atoms in total. The van der Waals surface area contributed by atoms with E-state index in [1.165, 1.54) is 20.3 Å². The standard InChI is InChI=1S/C25H28F2N6O4/c1-4-19(34)29-15-11-37-12-16(15)31-25-28-10-13-8-14(30-24(23(13)32-25)33-6-5-7-33)20-21(26)17(35-2)9-18(36-3)22(20)27/h4,8-10,15-16,19,29,34H,1,5-7,11-12H2,2-3H3,(H,28,31,32)/t15-,16+,19?/m0/s1. The monoisotopic (exact) mass is 514 g/mol. The summed E-state index contributed by atoms with van der Waals surface area (Å²) in [5, 5.41) is 16.7. The molecule has 0 radical (unpaired) electrons. The molecular formula is C25H28F2N6O4. The number of hydrogen-bond acceptors (Lipinski definition) is 10. The van der Waals surface area contributed by atoms with Crippen LogP contribution in [0.5, 0.6) is 11.5 Å². The number of fused-ring (bicyclic) bond motifs is 1. The first-order chi connectivity index (χ1) is 17.9. The highest BCUT2D eigenvalue weighted by molar-refractivity contribution is 5.92. The Labute approximate surface area is 212 Å². The minimum Gasteiger partial charge on any atom is -0.494 e. The second-order valence-corrected chi connectivity index (χ2v) is 8.83. The molecule has 0 bridgehead atoms. The van der Waals surface area contributed by atoms with Crippen molar-refractivity contribution >= 4 is 22.7 Å². The Bertz CT molecular complexity index is 1290. The van der Waals surface area contributed by atoms with Crippen molar-refractivity contribution in [2.24, 2.45) is 0 Å². The third-order valence-electron chi connectivity index (χ3n) is 6.54. The molecule has 3 atom stereocenters. The minimum atomic E-state index is -0.872. The van der Waals surface area contributed by atoms with E-state index in [1.54, 1.807) is 12.3 Å². The van der Waals surface area contributed by atoms with Crippen LogP contribution in [-0.2, 0) is 4.74 Å². The van der Waals surface area contributed by atoms with Crippen molar-refractivity contribution < 1.29 is 28.1 Å². The van der Waals surface area contributed by atoms with Gasteiger partial charge in [0.15, 0.2) is 29.0 Å². The summed E-state index contributed by atoms with van der Waals surface area (Å²) in [7, 11) is 2.60. The largest absolute Gasteiger partial charge is 0.494 e. The number of ether oxygens (including phenoxy) is 3. The highest BCUT2D eigenvalue weighted by Crippen LogP contribution is 2.39. The van der Waals surface area contributed by atoms with Gasteiger partial charge in [0.2, 0.25) is 5.95 Å². The number of nitrogens with zero attached hydrogens (tertiary/aromatic N) is 4. The summed E-state index contributed by atoms with van der Waals surface area (Å²) in [4.78, 5) is 15.8. The molecule has 0 saturated carbocycles. The second kappa shape index (κ2) is 10.4. The predicted octanol–water partition coefficient (Wildman–Crippen LogP) is 2.47. The maximum absolute atomic E-state index is 15.3. The summed E-state index contributed by atoms with van der Waals surface area (Å²) in [6, 6.07) is 2.33. The number of methoxy groups -OCH3 is 2. The molecule has 3 aromatic rings. The molecule has 3 N–H and O–H groups in total. The van der Waals surface area contributed by atoms with Crippen LogP contribution in [0.1, 0.15) is 6.42 Å². The minimum absolute atomic E-state index is 0.0813. The van der Waals surface area contributed by atoms with Gasteiger partial charge in [0.25, 0.3) is 0 Å². The molecular weight excluding hydrogens is 486 g/mol. The van der Waals surface area contributed by atoms with Crippen molar-refractivity contribution in [1.29, 1.82) is 0 Å². The van der Waals surface area contributed by atoms with Gasteiger partial charge in [-0.15, -0.1) is 0 Å². The van der Waals surface area contributed by atoms with Crippen molar-refractivity contribution in [3.63, 3.8) is 0 Å². The molecule has 2 saturated heterocycles. The average molecular weight is 515 g/mol. The number of aromatic nitrogens is 3. The van der Waals surface area contributed by atoms with E-state index in [0.717, 1.165) is 25.6 Å². The zero-order chi connectivity index (χ0) is 26.1. The summed E-state index contributed by atoms with van der Waals surface area (Å²) in [5.41, 5.74) is 0.281. The summed E-state index contributed by atoms with van der Waals surface area (Å²) >= 11 is 0. The highest BCUT2D eigenvalue weighted by Gasteiger charge is 2.31. The lowest BCUT2D eigenvalue weighted by atomic mass is 10.1. The first-order valence-electron chi connectivity index (χ1n) is 11.9. The van der Waals surface area contributed by atoms with Crippen LogP contribution in [0.2, 0.25) is 0 Å². The fourth-order valence-electron chi connectivity index (χ4n) is 4.39. The molecule has 1 aromatic carbocycles. The number of nitrogens with one attached hydrogen (secondary N) is 2. The molecule has 12 heteroatoms. The summed E-state index contributed by atoms with van der Waals surface area (Å²) in [6.07, 6.45) is 3.08. The number of benzene rings is 1. The Kier molecular flexibility index (Phi) is 7.04. The summed E-state index contributed by atoms with van der Waals surface area (Å²) in [6.45, 7) is 5.86. The van der Waals surface area contributed by atoms with Gasteiger partial charge in [-0.2, -0.15) is 0 Å². The van der Waals surface area contributed by atoms with E-state index < -0.39 is 17.9 Å². The van der Waals surface area contributed by atoms with Crippen molar-refractivity contribution in [2.75, 3.05) is 50.7 Å². The molecule has 2 aromatic heterocycles. The number of rotatable bonds is 9. The molecule has 37 heavy (non-hydrogen) atoms. The Hall–Kier alpha value is -3.61. The number of hydrogen-bond donors (Lipinski definition) is 3. The molecule has 2 aliphatic heterocycles. The van der Waals surface area contributed by atoms with Gasteiger partial charge in [-0.3, -0.25) is 5.32 Å². The molecule has 0 amide bonds. The van der Waals surface area contributed by atoms with Gasteiger partial charge < -0.3 is 29.5 Å². The average Bonchev–Trinajstić information content (AvgIpc) is 3.29. The third-order valence-corrected chi connectivity index (χ3v) is 6.54. The molecule has 4 heterocycles. The van der Waals surface area contributed by atoms with E-state index in [2.05, 4.69) is 27.2 Å². The van der Waals surface area contributed by atoms with Crippen LogP contribution in [0.25, 0.3) is 22.2 Å². The predicted molar refractivity (Wildman–Crippen MR) is 134 cm³/mol. The van der Waals surface area contributed by atoms with Crippen LogP contribution < -0.4 is 25.0 Å². The van der Waals surface area contributed by atoms with Gasteiger partial charge in [-0.05, 0) is 18.6 Å². The van der Waals surface area contributed by atoms with Crippen LogP contribution in [0, 0.1) is 11.6 Å². The quantitative estimate of drug-likeness (QED) is 0.291. The van der Waals surface area contributed by atoms with Crippen molar-refractivity contribution in [3.05, 3.63) is 42.6 Å².